The van der Waals surface area contributed by atoms with Crippen molar-refractivity contribution < 1.29 is 0 Å². The van der Waals surface area contributed by atoms with E-state index in [1.807, 2.05) is 25.3 Å². The van der Waals surface area contributed by atoms with E-state index < -0.39 is 0 Å². The van der Waals surface area contributed by atoms with Gasteiger partial charge in [0.2, 0.25) is 0 Å². The lowest BCUT2D eigenvalue weighted by atomic mass is 9.77. The molecule has 3 aromatic rings. The molecule has 1 aliphatic carbocycles. The maximum atomic E-state index is 12.8. The molecule has 1 saturated heterocycles. The number of nitrogens with one attached hydrogen (secondary N) is 2. The van der Waals surface area contributed by atoms with Gasteiger partial charge in [0.15, 0.2) is 0 Å². The van der Waals surface area contributed by atoms with Gasteiger partial charge in [-0.25, -0.2) is 9.97 Å². The molecule has 1 atom stereocenters. The minimum Gasteiger partial charge on any atom is -0.345 e. The van der Waals surface area contributed by atoms with Crippen LogP contribution in [0.3, 0.4) is 0 Å². The Morgan fingerprint density at radius 1 is 1.25 bits per heavy atom. The van der Waals surface area contributed by atoms with Crippen LogP contribution in [0.2, 0.25) is 0 Å². The van der Waals surface area contributed by atoms with Gasteiger partial charge in [-0.3, -0.25) is 14.7 Å². The topological polar surface area (TPSA) is 90.6 Å². The van der Waals surface area contributed by atoms with Crippen LogP contribution in [0.5, 0.6) is 0 Å². The first kappa shape index (κ1) is 17.3. The number of rotatable bonds is 3. The molecule has 2 N–H and O–H groups in total. The summed E-state index contributed by atoms with van der Waals surface area (Å²) < 4.78 is 0. The van der Waals surface area contributed by atoms with Crippen LogP contribution in [0.1, 0.15) is 42.0 Å². The van der Waals surface area contributed by atoms with Gasteiger partial charge in [-0.2, -0.15) is 0 Å². The van der Waals surface area contributed by atoms with Gasteiger partial charge >= 0.3 is 0 Å². The largest absolute Gasteiger partial charge is 0.345 e. The summed E-state index contributed by atoms with van der Waals surface area (Å²) in [5, 5.41) is 0. The maximum absolute atomic E-state index is 12.8. The molecule has 0 bridgehead atoms. The second-order valence-corrected chi connectivity index (χ2v) is 8.09. The molecule has 28 heavy (non-hydrogen) atoms. The van der Waals surface area contributed by atoms with E-state index in [2.05, 4.69) is 24.8 Å². The highest BCUT2D eigenvalue weighted by atomic mass is 16.1. The van der Waals surface area contributed by atoms with Crippen LogP contribution < -0.4 is 5.56 Å². The number of hydrogen-bond acceptors (Lipinski definition) is 5. The molecule has 1 spiro atoms. The number of aryl methyl sites for hydroxylation is 1. The first-order valence-electron chi connectivity index (χ1n) is 9.90. The number of aromatic nitrogens is 5. The third kappa shape index (κ3) is 2.96. The standard InChI is InChI=1S/C21H24N6O/c1-14-10-23-17(24-14)12-27-9-3-6-21(13-27)7-5-16-18(21)25-19(26-20(16)28)15-4-2-8-22-11-15/h2,4,8,10-11H,3,5-7,9,12-13H2,1H3,(H,23,24)(H,25,26,28). The van der Waals surface area contributed by atoms with Gasteiger partial charge in [0.05, 0.1) is 12.2 Å². The van der Waals surface area contributed by atoms with Gasteiger partial charge in [-0.15, -0.1) is 0 Å². The van der Waals surface area contributed by atoms with Crippen molar-refractivity contribution in [1.82, 2.24) is 29.8 Å². The van der Waals surface area contributed by atoms with Crippen molar-refractivity contribution in [3.05, 3.63) is 63.9 Å². The molecule has 0 aromatic carbocycles. The number of hydrogen-bond donors (Lipinski definition) is 2. The summed E-state index contributed by atoms with van der Waals surface area (Å²) in [7, 11) is 0. The Morgan fingerprint density at radius 2 is 2.18 bits per heavy atom. The van der Waals surface area contributed by atoms with Crippen molar-refractivity contribution in [2.45, 2.75) is 44.6 Å². The Balaban J connectivity index is 1.49. The van der Waals surface area contributed by atoms with E-state index in [4.69, 9.17) is 4.98 Å². The van der Waals surface area contributed by atoms with Gasteiger partial charge < -0.3 is 9.97 Å². The fourth-order valence-corrected chi connectivity index (χ4v) is 4.81. The third-order valence-electron chi connectivity index (χ3n) is 6.09. The molecular weight excluding hydrogens is 352 g/mol. The Labute approximate surface area is 163 Å². The summed E-state index contributed by atoms with van der Waals surface area (Å²) in [6.07, 6.45) is 9.33. The van der Waals surface area contributed by atoms with Crippen LogP contribution in [0.4, 0.5) is 0 Å². The summed E-state index contributed by atoms with van der Waals surface area (Å²) in [6, 6.07) is 3.80. The van der Waals surface area contributed by atoms with Crippen molar-refractivity contribution in [3.8, 4) is 11.4 Å². The molecule has 1 unspecified atom stereocenters. The van der Waals surface area contributed by atoms with Gasteiger partial charge in [0.1, 0.15) is 11.6 Å². The Morgan fingerprint density at radius 3 is 2.96 bits per heavy atom. The average molecular weight is 376 g/mol. The van der Waals surface area contributed by atoms with Crippen LogP contribution in [0.15, 0.2) is 35.5 Å². The highest BCUT2D eigenvalue weighted by Gasteiger charge is 2.44. The van der Waals surface area contributed by atoms with E-state index in [0.717, 1.165) is 73.7 Å². The summed E-state index contributed by atoms with van der Waals surface area (Å²) in [5.74, 6) is 1.62. The zero-order chi connectivity index (χ0) is 19.1. The fourth-order valence-electron chi connectivity index (χ4n) is 4.81. The zero-order valence-corrected chi connectivity index (χ0v) is 16.0. The van der Waals surface area contributed by atoms with Crippen LogP contribution >= 0.6 is 0 Å². The lowest BCUT2D eigenvalue weighted by molar-refractivity contribution is 0.134. The molecule has 4 heterocycles. The lowest BCUT2D eigenvalue weighted by Crippen LogP contribution is -2.45. The highest BCUT2D eigenvalue weighted by molar-refractivity contribution is 5.54. The Hall–Kier alpha value is -2.80. The minimum absolute atomic E-state index is 0.000453. The summed E-state index contributed by atoms with van der Waals surface area (Å²) >= 11 is 0. The minimum atomic E-state index is -0.0412. The first-order valence-corrected chi connectivity index (χ1v) is 9.90. The monoisotopic (exact) mass is 376 g/mol. The molecule has 1 fully saturated rings. The van der Waals surface area contributed by atoms with Crippen molar-refractivity contribution >= 4 is 0 Å². The van der Waals surface area contributed by atoms with E-state index in [1.54, 1.807) is 12.4 Å². The van der Waals surface area contributed by atoms with Crippen molar-refractivity contribution in [2.24, 2.45) is 0 Å². The smallest absolute Gasteiger partial charge is 0.254 e. The number of fused-ring (bicyclic) bond motifs is 2. The van der Waals surface area contributed by atoms with Gasteiger partial charge in [-0.1, -0.05) is 0 Å². The van der Waals surface area contributed by atoms with E-state index in [-0.39, 0.29) is 11.0 Å². The molecular formula is C21H24N6O. The van der Waals surface area contributed by atoms with E-state index in [0.29, 0.717) is 5.82 Å². The molecule has 0 saturated carbocycles. The van der Waals surface area contributed by atoms with Gasteiger partial charge in [0.25, 0.3) is 5.56 Å². The predicted molar refractivity (Wildman–Crippen MR) is 106 cm³/mol. The van der Waals surface area contributed by atoms with E-state index in [9.17, 15) is 4.79 Å². The number of pyridine rings is 1. The number of aromatic amines is 2. The molecule has 7 nitrogen and oxygen atoms in total. The molecule has 2 aliphatic rings. The molecule has 3 aromatic heterocycles. The molecule has 7 heteroatoms. The van der Waals surface area contributed by atoms with Crippen LogP contribution in [0, 0.1) is 6.92 Å². The normalized spacial score (nSPS) is 21.9. The maximum Gasteiger partial charge on any atom is 0.254 e. The lowest BCUT2D eigenvalue weighted by Gasteiger charge is -2.40. The molecule has 0 amide bonds. The molecule has 0 radical (unpaired) electrons. The van der Waals surface area contributed by atoms with E-state index in [1.165, 1.54) is 0 Å². The van der Waals surface area contributed by atoms with Crippen molar-refractivity contribution in [3.63, 3.8) is 0 Å². The number of H-pyrrole nitrogens is 2. The number of piperidine rings is 1. The molecule has 5 rings (SSSR count). The zero-order valence-electron chi connectivity index (χ0n) is 16.0. The number of imidazole rings is 1. The Kier molecular flexibility index (Phi) is 4.12. The van der Waals surface area contributed by atoms with Crippen molar-refractivity contribution in [2.75, 3.05) is 13.1 Å². The number of nitrogens with zero attached hydrogens (tertiary/aromatic N) is 4. The summed E-state index contributed by atoms with van der Waals surface area (Å²) in [5.41, 5.74) is 3.75. The van der Waals surface area contributed by atoms with Gasteiger partial charge in [0, 0.05) is 47.4 Å². The molecule has 1 aliphatic heterocycles. The quantitative estimate of drug-likeness (QED) is 0.732. The predicted octanol–water partition coefficient (Wildman–Crippen LogP) is 2.34. The average Bonchev–Trinajstić information content (AvgIpc) is 3.27. The van der Waals surface area contributed by atoms with E-state index >= 15 is 0 Å². The van der Waals surface area contributed by atoms with Gasteiger partial charge in [-0.05, 0) is 51.3 Å². The summed E-state index contributed by atoms with van der Waals surface area (Å²) in [4.78, 5) is 35.1. The fraction of sp³-hybridized carbons (Fsp3) is 0.429. The van der Waals surface area contributed by atoms with Crippen LogP contribution in [-0.2, 0) is 18.4 Å². The second-order valence-electron chi connectivity index (χ2n) is 8.09. The second kappa shape index (κ2) is 6.67. The Bertz CT molecular complexity index is 1060. The highest BCUT2D eigenvalue weighted by Crippen LogP contribution is 2.43. The summed E-state index contributed by atoms with van der Waals surface area (Å²) in [6.45, 7) is 4.80. The number of likely N-dealkylation sites (tertiary alicyclic amines) is 1. The van der Waals surface area contributed by atoms with Crippen LogP contribution in [-0.4, -0.2) is 42.9 Å². The van der Waals surface area contributed by atoms with Crippen molar-refractivity contribution in [1.29, 1.82) is 0 Å². The third-order valence-corrected chi connectivity index (χ3v) is 6.09. The molecule has 144 valence electrons. The SMILES string of the molecule is Cc1cnc(CN2CCCC3(CCc4c3nc(-c3cccnc3)[nH]c4=O)C2)[nH]1. The van der Waals surface area contributed by atoms with Crippen LogP contribution in [0.25, 0.3) is 11.4 Å². The first-order chi connectivity index (χ1) is 13.6.